The summed E-state index contributed by atoms with van der Waals surface area (Å²) in [4.78, 5) is 23.2. The molecule has 0 aromatic carbocycles. The minimum absolute atomic E-state index is 0.0506. The predicted molar refractivity (Wildman–Crippen MR) is 88.7 cm³/mol. The fourth-order valence-corrected chi connectivity index (χ4v) is 1.87. The van der Waals surface area contributed by atoms with E-state index in [0.29, 0.717) is 5.69 Å². The Morgan fingerprint density at radius 3 is 2.03 bits per heavy atom. The molecule has 1 heterocycles. The molecular weight excluding hydrogens is 424 g/mol. The molecule has 0 N–H and O–H groups in total. The molecule has 0 atom stereocenters. The van der Waals surface area contributed by atoms with E-state index in [1.165, 1.54) is 0 Å². The van der Waals surface area contributed by atoms with Crippen LogP contribution in [0.25, 0.3) is 0 Å². The van der Waals surface area contributed by atoms with Crippen LogP contribution in [0.2, 0.25) is 0 Å². The molecule has 1 rings (SSSR count). The third-order valence-corrected chi connectivity index (χ3v) is 2.90. The van der Waals surface area contributed by atoms with Crippen LogP contribution in [0.15, 0.2) is 24.4 Å². The number of ether oxygens (including phenoxy) is 2. The van der Waals surface area contributed by atoms with E-state index in [0.717, 1.165) is 0 Å². The Balaban J connectivity index is 0.00000122. The van der Waals surface area contributed by atoms with Gasteiger partial charge >= 0.3 is 24.3 Å². The summed E-state index contributed by atoms with van der Waals surface area (Å²) < 4.78 is 78.3. The first-order valence-corrected chi connectivity index (χ1v) is 8.59. The van der Waals surface area contributed by atoms with Crippen molar-refractivity contribution in [2.75, 3.05) is 13.2 Å². The largest absolute Gasteiger partial charge is 0.848 e. The van der Waals surface area contributed by atoms with Crippen LogP contribution in [0.3, 0.4) is 0 Å². The molecule has 30 heavy (non-hydrogen) atoms. The van der Waals surface area contributed by atoms with Crippen LogP contribution in [0.1, 0.15) is 32.9 Å². The van der Waals surface area contributed by atoms with E-state index >= 15 is 0 Å². The summed E-state index contributed by atoms with van der Waals surface area (Å²) in [6.07, 6.45) is -7.48. The lowest BCUT2D eigenvalue weighted by Gasteiger charge is -2.18. The Labute approximate surface area is 169 Å². The molecule has 172 valence electrons. The maximum atomic E-state index is 12.0. The van der Waals surface area contributed by atoms with Crippen molar-refractivity contribution in [3.05, 3.63) is 30.1 Å². The fourth-order valence-electron chi connectivity index (χ4n) is 1.87. The quantitative estimate of drug-likeness (QED) is 0.380. The van der Waals surface area contributed by atoms with Gasteiger partial charge in [-0.2, -0.15) is 30.9 Å². The van der Waals surface area contributed by atoms with Crippen LogP contribution in [0.4, 0.5) is 26.3 Å². The van der Waals surface area contributed by atoms with Gasteiger partial charge in [-0.25, -0.2) is 4.79 Å². The number of alkyl halides is 6. The number of carbonyl (C=O) groups is 2. The van der Waals surface area contributed by atoms with E-state index in [-0.39, 0.29) is 19.4 Å². The maximum absolute atomic E-state index is 12.0. The zero-order valence-electron chi connectivity index (χ0n) is 16.6. The number of esters is 2. The van der Waals surface area contributed by atoms with E-state index in [1.54, 1.807) is 49.7 Å². The summed E-state index contributed by atoms with van der Waals surface area (Å²) in [5.74, 6) is -1.39. The molecule has 0 fully saturated rings. The SMILES string of the molecule is CC(C)(C)OC(=O)C[n+]1ccccc1CCC(=O)OCC(F)(F)F.[O-]CC(F)(F)F. The molecule has 0 amide bonds. The molecule has 1 aromatic heterocycles. The summed E-state index contributed by atoms with van der Waals surface area (Å²) in [5.41, 5.74) is 0.000811. The van der Waals surface area contributed by atoms with Crippen LogP contribution in [-0.4, -0.2) is 43.1 Å². The first-order chi connectivity index (χ1) is 13.5. The zero-order chi connectivity index (χ0) is 23.6. The van der Waals surface area contributed by atoms with Gasteiger partial charge in [-0.1, -0.05) is 6.07 Å². The van der Waals surface area contributed by atoms with Crippen molar-refractivity contribution < 1.29 is 55.1 Å². The molecule has 0 spiro atoms. The van der Waals surface area contributed by atoms with Crippen LogP contribution in [-0.2, 0) is 32.0 Å². The number of hydrogen-bond acceptors (Lipinski definition) is 5. The molecule has 0 aliphatic heterocycles. The average molecular weight is 447 g/mol. The zero-order valence-corrected chi connectivity index (χ0v) is 16.6. The smallest absolute Gasteiger partial charge is 0.422 e. The van der Waals surface area contributed by atoms with Gasteiger partial charge in [0.1, 0.15) is 5.60 Å². The van der Waals surface area contributed by atoms with Crippen molar-refractivity contribution >= 4 is 11.9 Å². The van der Waals surface area contributed by atoms with Gasteiger partial charge < -0.3 is 14.6 Å². The van der Waals surface area contributed by atoms with E-state index in [9.17, 15) is 35.9 Å². The van der Waals surface area contributed by atoms with E-state index in [1.807, 2.05) is 0 Å². The second-order valence-corrected chi connectivity index (χ2v) is 6.94. The first-order valence-electron chi connectivity index (χ1n) is 8.59. The molecule has 12 heteroatoms. The van der Waals surface area contributed by atoms with Gasteiger partial charge in [-0.05, 0) is 27.4 Å². The van der Waals surface area contributed by atoms with Crippen molar-refractivity contribution in [3.63, 3.8) is 0 Å². The third-order valence-electron chi connectivity index (χ3n) is 2.90. The van der Waals surface area contributed by atoms with Gasteiger partial charge in [0.05, 0.1) is 6.42 Å². The van der Waals surface area contributed by atoms with Crippen molar-refractivity contribution in [2.45, 2.75) is 58.1 Å². The van der Waals surface area contributed by atoms with Crippen LogP contribution in [0, 0.1) is 0 Å². The summed E-state index contributed by atoms with van der Waals surface area (Å²) in [5, 5.41) is 8.83. The lowest BCUT2D eigenvalue weighted by Crippen LogP contribution is -2.43. The highest BCUT2D eigenvalue weighted by Gasteiger charge is 2.29. The second kappa shape index (κ2) is 11.7. The second-order valence-electron chi connectivity index (χ2n) is 6.94. The molecule has 0 bridgehead atoms. The Hall–Kier alpha value is -2.37. The molecule has 1 aromatic rings. The lowest BCUT2D eigenvalue weighted by molar-refractivity contribution is -0.693. The van der Waals surface area contributed by atoms with Crippen molar-refractivity contribution in [1.82, 2.24) is 0 Å². The van der Waals surface area contributed by atoms with Gasteiger partial charge in [0.25, 0.3) is 0 Å². The average Bonchev–Trinajstić information content (AvgIpc) is 2.57. The van der Waals surface area contributed by atoms with Crippen molar-refractivity contribution in [2.24, 2.45) is 0 Å². The highest BCUT2D eigenvalue weighted by atomic mass is 19.4. The topological polar surface area (TPSA) is 79.5 Å². The third kappa shape index (κ3) is 15.5. The minimum atomic E-state index is -4.54. The van der Waals surface area contributed by atoms with Crippen molar-refractivity contribution in [3.8, 4) is 0 Å². The number of carbonyl (C=O) groups excluding carboxylic acids is 2. The van der Waals surface area contributed by atoms with Crippen LogP contribution in [0.5, 0.6) is 0 Å². The molecule has 0 aliphatic carbocycles. The van der Waals surface area contributed by atoms with Crippen LogP contribution >= 0.6 is 0 Å². The monoisotopic (exact) mass is 447 g/mol. The van der Waals surface area contributed by atoms with Gasteiger partial charge in [-0.15, -0.1) is 0 Å². The summed E-state index contributed by atoms with van der Waals surface area (Å²) >= 11 is 0. The van der Waals surface area contributed by atoms with Gasteiger partial charge in [0.15, 0.2) is 18.5 Å². The lowest BCUT2D eigenvalue weighted by atomic mass is 10.2. The maximum Gasteiger partial charge on any atom is 0.422 e. The predicted octanol–water partition coefficient (Wildman–Crippen LogP) is 2.26. The van der Waals surface area contributed by atoms with E-state index in [4.69, 9.17) is 9.84 Å². The number of nitrogens with zero attached hydrogens (tertiary/aromatic N) is 1. The highest BCUT2D eigenvalue weighted by Crippen LogP contribution is 2.15. The molecule has 0 radical (unpaired) electrons. The van der Waals surface area contributed by atoms with Gasteiger partial charge in [0, 0.05) is 18.6 Å². The number of hydrogen-bond donors (Lipinski definition) is 0. The normalized spacial score (nSPS) is 11.9. The summed E-state index contributed by atoms with van der Waals surface area (Å²) in [7, 11) is 0. The number of aromatic nitrogens is 1. The van der Waals surface area contributed by atoms with E-state index < -0.39 is 43.1 Å². The number of halogens is 6. The Morgan fingerprint density at radius 2 is 1.57 bits per heavy atom. The van der Waals surface area contributed by atoms with Crippen LogP contribution < -0.4 is 9.67 Å². The van der Waals surface area contributed by atoms with Gasteiger partial charge in [-0.3, -0.25) is 4.79 Å². The number of pyridine rings is 1. The molecular formula is C18H23F6NO5. The van der Waals surface area contributed by atoms with Crippen molar-refractivity contribution in [1.29, 1.82) is 0 Å². The molecule has 0 aliphatic rings. The number of rotatable bonds is 6. The summed E-state index contributed by atoms with van der Waals surface area (Å²) in [6, 6.07) is 5.10. The first kappa shape index (κ1) is 27.6. The summed E-state index contributed by atoms with van der Waals surface area (Å²) in [6.45, 7) is 1.62. The standard InChI is InChI=1S/C16H21F3NO4.C2H2F3O/c1-15(2,3)24-14(22)10-20-9-5-4-6-12(20)7-8-13(21)23-11-16(17,18)19;3-2(4,5)1-6/h4-6,9H,7-8,10-11H2,1-3H3;1H2/q+1;-1. The number of aryl methyl sites for hydroxylation is 1. The molecule has 0 saturated carbocycles. The fraction of sp³-hybridized carbons (Fsp3) is 0.611. The molecule has 0 saturated heterocycles. The Kier molecular flexibility index (Phi) is 10.8. The Bertz CT molecular complexity index is 683. The van der Waals surface area contributed by atoms with Gasteiger partial charge in [0.2, 0.25) is 6.54 Å². The highest BCUT2D eigenvalue weighted by molar-refractivity contribution is 5.69. The van der Waals surface area contributed by atoms with E-state index in [2.05, 4.69) is 4.74 Å². The molecule has 0 unspecified atom stereocenters. The minimum Gasteiger partial charge on any atom is -0.848 e. The Morgan fingerprint density at radius 1 is 1.00 bits per heavy atom. The molecule has 6 nitrogen and oxygen atoms in total.